The molecule has 10 nitrogen and oxygen atoms in total. The standard InChI is InChI=1S/C23H26F3N7O3/c1-35-10-12-9-33-18(27-12)5-15(20(25)26)28-21(33)29-17-4-14(31-32-17)13-2-3-16(19(13)24)36-22(34)30-23-6-11(7-23)8-23/h4-5,9,11,13,16,19-20H,2-3,6-8,10H2,1H3,(H,30,34)(H2,28,29,31,32)/t11?,13-,16-,19-,23?/m0/s1. The molecule has 4 aliphatic rings. The van der Waals surface area contributed by atoms with Crippen LogP contribution in [-0.4, -0.2) is 55.6 Å². The monoisotopic (exact) mass is 505 g/mol. The number of ether oxygens (including phenoxy) is 2. The Bertz CT molecular complexity index is 1280. The lowest BCUT2D eigenvalue weighted by Crippen LogP contribution is -2.68. The number of carbonyl (C=O) groups is 1. The van der Waals surface area contributed by atoms with Gasteiger partial charge in [0.2, 0.25) is 5.95 Å². The summed E-state index contributed by atoms with van der Waals surface area (Å²) < 4.78 is 54.0. The van der Waals surface area contributed by atoms with Crippen molar-refractivity contribution in [2.45, 2.75) is 68.9 Å². The van der Waals surface area contributed by atoms with E-state index in [1.165, 1.54) is 17.6 Å². The molecule has 3 heterocycles. The first-order valence-electron chi connectivity index (χ1n) is 11.9. The first kappa shape index (κ1) is 23.1. The maximum Gasteiger partial charge on any atom is 0.407 e. The van der Waals surface area contributed by atoms with Crippen molar-refractivity contribution in [1.29, 1.82) is 0 Å². The van der Waals surface area contributed by atoms with E-state index in [0.717, 1.165) is 19.3 Å². The third-order valence-corrected chi connectivity index (χ3v) is 7.44. The highest BCUT2D eigenvalue weighted by Crippen LogP contribution is 2.57. The number of alkyl halides is 3. The molecule has 0 aliphatic heterocycles. The zero-order valence-corrected chi connectivity index (χ0v) is 19.5. The summed E-state index contributed by atoms with van der Waals surface area (Å²) in [6, 6.07) is 2.82. The van der Waals surface area contributed by atoms with Crippen LogP contribution in [0.4, 0.5) is 29.7 Å². The van der Waals surface area contributed by atoms with E-state index >= 15 is 4.39 Å². The minimum absolute atomic E-state index is 0.0883. The second-order valence-electron chi connectivity index (χ2n) is 9.99. The highest BCUT2D eigenvalue weighted by Gasteiger charge is 2.58. The number of fused-ring (bicyclic) bond motifs is 1. The average Bonchev–Trinajstić information content (AvgIpc) is 3.49. The van der Waals surface area contributed by atoms with Gasteiger partial charge in [-0.2, -0.15) is 5.10 Å². The second-order valence-corrected chi connectivity index (χ2v) is 9.99. The molecule has 1 amide bonds. The number of aromatic amines is 1. The number of rotatable bonds is 8. The number of aromatic nitrogens is 5. The molecule has 0 spiro atoms. The number of hydrogen-bond acceptors (Lipinski definition) is 7. The number of H-pyrrole nitrogens is 1. The summed E-state index contributed by atoms with van der Waals surface area (Å²) in [4.78, 5) is 20.5. The van der Waals surface area contributed by atoms with Gasteiger partial charge in [0.15, 0.2) is 5.82 Å². The van der Waals surface area contributed by atoms with E-state index in [-0.39, 0.29) is 29.6 Å². The van der Waals surface area contributed by atoms with Crippen LogP contribution in [-0.2, 0) is 16.1 Å². The summed E-state index contributed by atoms with van der Waals surface area (Å²) in [6.07, 6.45) is -0.147. The van der Waals surface area contributed by atoms with Crippen LogP contribution in [0.25, 0.3) is 5.65 Å². The average molecular weight is 506 g/mol. The Labute approximate surface area is 204 Å². The molecule has 4 saturated carbocycles. The Hall–Kier alpha value is -3.35. The molecule has 3 N–H and O–H groups in total. The predicted octanol–water partition coefficient (Wildman–Crippen LogP) is 4.14. The van der Waals surface area contributed by atoms with E-state index in [9.17, 15) is 13.6 Å². The van der Waals surface area contributed by atoms with Crippen molar-refractivity contribution < 1.29 is 27.4 Å². The van der Waals surface area contributed by atoms with Gasteiger partial charge in [-0.25, -0.2) is 27.9 Å². The van der Waals surface area contributed by atoms with Crippen molar-refractivity contribution in [1.82, 2.24) is 29.9 Å². The Morgan fingerprint density at radius 2 is 2.08 bits per heavy atom. The molecule has 2 bridgehead atoms. The smallest absolute Gasteiger partial charge is 0.407 e. The molecule has 4 aliphatic carbocycles. The van der Waals surface area contributed by atoms with Crippen LogP contribution in [0.15, 0.2) is 18.3 Å². The second kappa shape index (κ2) is 8.64. The van der Waals surface area contributed by atoms with Gasteiger partial charge in [0, 0.05) is 42.6 Å². The van der Waals surface area contributed by atoms with Gasteiger partial charge in [0.25, 0.3) is 6.43 Å². The summed E-state index contributed by atoms with van der Waals surface area (Å²) in [5, 5.41) is 12.8. The van der Waals surface area contributed by atoms with Gasteiger partial charge in [-0.05, 0) is 38.0 Å². The van der Waals surface area contributed by atoms with Gasteiger partial charge in [-0.3, -0.25) is 9.50 Å². The fraction of sp³-hybridized carbons (Fsp3) is 0.565. The van der Waals surface area contributed by atoms with Gasteiger partial charge in [0.1, 0.15) is 23.6 Å². The molecular formula is C23H26F3N7O3. The van der Waals surface area contributed by atoms with Crippen molar-refractivity contribution in [3.05, 3.63) is 35.4 Å². The van der Waals surface area contributed by atoms with Gasteiger partial charge < -0.3 is 20.1 Å². The lowest BCUT2D eigenvalue weighted by molar-refractivity contribution is -0.0532. The Morgan fingerprint density at radius 3 is 2.78 bits per heavy atom. The molecule has 36 heavy (non-hydrogen) atoms. The van der Waals surface area contributed by atoms with Crippen LogP contribution in [0, 0.1) is 5.92 Å². The Balaban J connectivity index is 1.15. The van der Waals surface area contributed by atoms with Gasteiger partial charge in [-0.1, -0.05) is 0 Å². The van der Waals surface area contributed by atoms with E-state index in [4.69, 9.17) is 9.47 Å². The van der Waals surface area contributed by atoms with E-state index in [2.05, 4.69) is 30.8 Å². The first-order chi connectivity index (χ1) is 17.3. The third-order valence-electron chi connectivity index (χ3n) is 7.44. The zero-order chi connectivity index (χ0) is 25.0. The van der Waals surface area contributed by atoms with E-state index in [1.54, 1.807) is 12.3 Å². The van der Waals surface area contributed by atoms with Crippen LogP contribution in [0.1, 0.15) is 61.5 Å². The maximum absolute atomic E-state index is 15.2. The van der Waals surface area contributed by atoms with Crippen molar-refractivity contribution >= 4 is 23.5 Å². The summed E-state index contributed by atoms with van der Waals surface area (Å²) >= 11 is 0. The molecule has 7 rings (SSSR count). The summed E-state index contributed by atoms with van der Waals surface area (Å²) in [6.45, 7) is 0.208. The van der Waals surface area contributed by atoms with E-state index in [0.29, 0.717) is 30.1 Å². The number of anilines is 2. The Kier molecular flexibility index (Phi) is 5.54. The van der Waals surface area contributed by atoms with E-state index < -0.39 is 36.4 Å². The molecule has 3 atom stereocenters. The van der Waals surface area contributed by atoms with Crippen LogP contribution in [0.5, 0.6) is 0 Å². The molecular weight excluding hydrogens is 479 g/mol. The molecule has 13 heteroatoms. The first-order valence-corrected chi connectivity index (χ1v) is 11.9. The minimum atomic E-state index is -2.79. The molecule has 0 radical (unpaired) electrons. The molecule has 4 fully saturated rings. The molecule has 192 valence electrons. The number of halogens is 3. The number of methoxy groups -OCH3 is 1. The fourth-order valence-corrected chi connectivity index (χ4v) is 5.57. The number of nitrogens with one attached hydrogen (secondary N) is 3. The topological polar surface area (TPSA) is 118 Å². The lowest BCUT2D eigenvalue weighted by atomic mass is 9.50. The van der Waals surface area contributed by atoms with Gasteiger partial charge in [-0.15, -0.1) is 0 Å². The van der Waals surface area contributed by atoms with Crippen LogP contribution in [0.3, 0.4) is 0 Å². The zero-order valence-electron chi connectivity index (χ0n) is 19.5. The van der Waals surface area contributed by atoms with Crippen molar-refractivity contribution in [2.24, 2.45) is 5.92 Å². The summed E-state index contributed by atoms with van der Waals surface area (Å²) in [7, 11) is 1.51. The highest BCUT2D eigenvalue weighted by atomic mass is 19.3. The minimum Gasteiger partial charge on any atom is -0.443 e. The summed E-state index contributed by atoms with van der Waals surface area (Å²) in [5.74, 6) is 0.543. The predicted molar refractivity (Wildman–Crippen MR) is 121 cm³/mol. The quantitative estimate of drug-likeness (QED) is 0.421. The molecule has 0 unspecified atom stereocenters. The van der Waals surface area contributed by atoms with Crippen molar-refractivity contribution in [3.8, 4) is 0 Å². The molecule has 0 aromatic carbocycles. The van der Waals surface area contributed by atoms with Gasteiger partial charge >= 0.3 is 6.09 Å². The number of carbonyl (C=O) groups excluding carboxylic acids is 1. The fourth-order valence-electron chi connectivity index (χ4n) is 5.57. The number of nitrogens with zero attached hydrogens (tertiary/aromatic N) is 4. The molecule has 3 aromatic rings. The van der Waals surface area contributed by atoms with Crippen LogP contribution < -0.4 is 10.6 Å². The van der Waals surface area contributed by atoms with Gasteiger partial charge in [0.05, 0.1) is 12.3 Å². The largest absolute Gasteiger partial charge is 0.443 e. The normalized spacial score (nSPS) is 28.7. The maximum atomic E-state index is 15.2. The van der Waals surface area contributed by atoms with Crippen LogP contribution in [0.2, 0.25) is 0 Å². The number of hydrogen-bond donors (Lipinski definition) is 3. The SMILES string of the molecule is COCc1cn2c(Nc3cc([C@@H]4CC[C@H](OC(=O)NC56CC(C5)C6)[C@H]4F)[nH]n3)nc(C(F)F)cc2n1. The number of amides is 1. The number of imidazole rings is 1. The molecule has 0 saturated heterocycles. The molecule has 3 aromatic heterocycles. The lowest BCUT2D eigenvalue weighted by Gasteiger charge is -2.61. The third kappa shape index (κ3) is 4.04. The van der Waals surface area contributed by atoms with Crippen molar-refractivity contribution in [3.63, 3.8) is 0 Å². The summed E-state index contributed by atoms with van der Waals surface area (Å²) in [5.41, 5.74) is 0.778. The van der Waals surface area contributed by atoms with Crippen molar-refractivity contribution in [2.75, 3.05) is 12.4 Å². The Morgan fingerprint density at radius 1 is 1.28 bits per heavy atom. The highest BCUT2D eigenvalue weighted by molar-refractivity contribution is 5.69. The van der Waals surface area contributed by atoms with E-state index in [1.807, 2.05) is 0 Å². The number of alkyl carbamates (subject to hydrolysis) is 1. The van der Waals surface area contributed by atoms with Crippen LogP contribution >= 0.6 is 0 Å².